The highest BCUT2D eigenvalue weighted by molar-refractivity contribution is 7.04. The Morgan fingerprint density at radius 1 is 0.407 bits per heavy atom. The van der Waals surface area contributed by atoms with E-state index in [0.29, 0.717) is 0 Å². The molecule has 0 aliphatic carbocycles. The summed E-state index contributed by atoms with van der Waals surface area (Å²) < 4.78 is 6.64. The third-order valence-corrected chi connectivity index (χ3v) is 19.6. The van der Waals surface area contributed by atoms with Crippen LogP contribution in [0.15, 0.2) is 168 Å². The molecule has 0 spiro atoms. The van der Waals surface area contributed by atoms with Gasteiger partial charge in [0, 0.05) is 33.4 Å². The van der Waals surface area contributed by atoms with Crippen LogP contribution in [-0.2, 0) is 0 Å². The van der Waals surface area contributed by atoms with Gasteiger partial charge in [-0.15, -0.1) is 0 Å². The van der Waals surface area contributed by atoms with Crippen LogP contribution in [0.5, 0.6) is 0 Å². The molecule has 0 amide bonds. The number of benzene rings is 8. The van der Waals surface area contributed by atoms with E-state index in [2.05, 4.69) is 195 Å². The summed E-state index contributed by atoms with van der Waals surface area (Å²) in [5.74, 6) is 0. The van der Waals surface area contributed by atoms with Gasteiger partial charge in [0.25, 0.3) is 0 Å². The molecule has 4 heteroatoms. The molecule has 54 heavy (non-hydrogen) atoms. The molecule has 2 nitrogen and oxygen atoms in total. The van der Waals surface area contributed by atoms with E-state index in [1.54, 1.807) is 0 Å². The van der Waals surface area contributed by atoms with E-state index in [-0.39, 0.29) is 0 Å². The Hall–Kier alpha value is -5.95. The zero-order valence-corrected chi connectivity index (χ0v) is 32.9. The average Bonchev–Trinajstić information content (AvgIpc) is 3.78. The van der Waals surface area contributed by atoms with E-state index in [1.165, 1.54) is 87.0 Å². The minimum Gasteiger partial charge on any atom is -0.455 e. The van der Waals surface area contributed by atoms with Crippen LogP contribution in [0.1, 0.15) is 0 Å². The lowest BCUT2D eigenvalue weighted by atomic mass is 9.98. The lowest BCUT2D eigenvalue weighted by Gasteiger charge is -2.28. The highest BCUT2D eigenvalue weighted by Gasteiger charge is 2.41. The van der Waals surface area contributed by atoms with Crippen LogP contribution in [0, 0.1) is 0 Å². The van der Waals surface area contributed by atoms with Gasteiger partial charge in [-0.3, -0.25) is 0 Å². The summed E-state index contributed by atoms with van der Waals surface area (Å²) in [5, 5.41) is 10.9. The number of para-hydroxylation sites is 1. The summed E-state index contributed by atoms with van der Waals surface area (Å²) in [6.07, 6.45) is 0. The molecule has 0 fully saturated rings. The number of hydrogen-bond acceptors (Lipinski definition) is 2. The lowest BCUT2D eigenvalue weighted by Crippen LogP contribution is -2.49. The number of furan rings is 1. The molecular formula is C50H39NOSi2. The SMILES string of the molecule is C[Si]1(C)c2ccccc2-c2cc(N(c3ccc(-c4cccc5ccccc45)cc3)c3ccc4c(c3)[Si](C)(C)c3ccc5c(oc6ccccc65)c3-4)ccc21. The monoisotopic (exact) mass is 725 g/mol. The van der Waals surface area contributed by atoms with Gasteiger partial charge < -0.3 is 9.32 Å². The summed E-state index contributed by atoms with van der Waals surface area (Å²) in [5.41, 5.74) is 13.3. The predicted molar refractivity (Wildman–Crippen MR) is 236 cm³/mol. The van der Waals surface area contributed by atoms with Gasteiger partial charge >= 0.3 is 0 Å². The Morgan fingerprint density at radius 2 is 1.04 bits per heavy atom. The van der Waals surface area contributed by atoms with Crippen molar-refractivity contribution in [2.24, 2.45) is 0 Å². The van der Waals surface area contributed by atoms with E-state index in [0.717, 1.165) is 16.9 Å². The van der Waals surface area contributed by atoms with Crippen LogP contribution in [-0.4, -0.2) is 16.1 Å². The van der Waals surface area contributed by atoms with Crippen molar-refractivity contribution in [2.45, 2.75) is 26.2 Å². The number of fused-ring (bicyclic) bond motifs is 11. The molecule has 11 rings (SSSR count). The van der Waals surface area contributed by atoms with Gasteiger partial charge in [0.05, 0.1) is 0 Å². The van der Waals surface area contributed by atoms with Crippen LogP contribution in [0.25, 0.3) is 66.1 Å². The molecular weight excluding hydrogens is 687 g/mol. The molecule has 0 saturated heterocycles. The molecule has 0 atom stereocenters. The minimum atomic E-state index is -2.07. The van der Waals surface area contributed by atoms with Crippen molar-refractivity contribution >= 4 is 86.7 Å². The largest absolute Gasteiger partial charge is 0.455 e. The third kappa shape index (κ3) is 4.38. The zero-order chi connectivity index (χ0) is 36.3. The van der Waals surface area contributed by atoms with Gasteiger partial charge in [-0.25, -0.2) is 0 Å². The van der Waals surface area contributed by atoms with Gasteiger partial charge in [-0.1, -0.05) is 148 Å². The number of rotatable bonds is 4. The standard InChI is InChI=1S/C50H39NOSi2/c1-53(2)45-19-10-8-16-40(45)43-30-35(25-28-46(43)53)51(34-22-20-33(21-23-34)38-17-11-13-32-12-5-6-14-37(32)38)36-24-26-42-48(31-36)54(3,4)47-29-27-41-39-15-7-9-18-44(39)52-50(41)49(42)47/h5-31H,1-4H3. The van der Waals surface area contributed by atoms with E-state index >= 15 is 0 Å². The van der Waals surface area contributed by atoms with Crippen LogP contribution < -0.4 is 25.6 Å². The highest BCUT2D eigenvalue weighted by atomic mass is 28.3. The van der Waals surface area contributed by atoms with Crippen molar-refractivity contribution in [3.05, 3.63) is 164 Å². The van der Waals surface area contributed by atoms with E-state index in [1.807, 2.05) is 0 Å². The summed E-state index contributed by atoms with van der Waals surface area (Å²) >= 11 is 0. The van der Waals surface area contributed by atoms with Gasteiger partial charge in [-0.2, -0.15) is 0 Å². The second-order valence-corrected chi connectivity index (χ2v) is 24.8. The Bertz CT molecular complexity index is 3000. The molecule has 0 bridgehead atoms. The van der Waals surface area contributed by atoms with Gasteiger partial charge in [-0.05, 0) is 102 Å². The minimum absolute atomic E-state index is 0.952. The molecule has 3 heterocycles. The molecule has 0 N–H and O–H groups in total. The Labute approximate surface area is 318 Å². The topological polar surface area (TPSA) is 16.4 Å². The number of anilines is 3. The normalized spacial score (nSPS) is 14.6. The number of hydrogen-bond donors (Lipinski definition) is 0. The lowest BCUT2D eigenvalue weighted by molar-refractivity contribution is 0.670. The molecule has 2 aliphatic heterocycles. The fraction of sp³-hybridized carbons (Fsp3) is 0.0800. The molecule has 8 aromatic carbocycles. The van der Waals surface area contributed by atoms with Crippen molar-refractivity contribution in [1.82, 2.24) is 0 Å². The molecule has 1 aromatic heterocycles. The van der Waals surface area contributed by atoms with Crippen molar-refractivity contribution in [1.29, 1.82) is 0 Å². The van der Waals surface area contributed by atoms with Crippen molar-refractivity contribution in [3.63, 3.8) is 0 Å². The van der Waals surface area contributed by atoms with Crippen LogP contribution >= 0.6 is 0 Å². The molecule has 0 unspecified atom stereocenters. The van der Waals surface area contributed by atoms with Crippen LogP contribution in [0.2, 0.25) is 26.2 Å². The fourth-order valence-corrected chi connectivity index (χ4v) is 15.8. The van der Waals surface area contributed by atoms with Gasteiger partial charge in [0.2, 0.25) is 0 Å². The number of nitrogens with zero attached hydrogens (tertiary/aromatic N) is 1. The summed E-state index contributed by atoms with van der Waals surface area (Å²) in [6, 6.07) is 61.1. The first-order valence-corrected chi connectivity index (χ1v) is 25.0. The average molecular weight is 726 g/mol. The van der Waals surface area contributed by atoms with Gasteiger partial charge in [0.1, 0.15) is 27.3 Å². The maximum absolute atomic E-state index is 6.64. The highest BCUT2D eigenvalue weighted by Crippen LogP contribution is 2.43. The summed E-state index contributed by atoms with van der Waals surface area (Å²) in [6.45, 7) is 9.98. The van der Waals surface area contributed by atoms with Crippen LogP contribution in [0.4, 0.5) is 17.1 Å². The van der Waals surface area contributed by atoms with Crippen molar-refractivity contribution in [2.75, 3.05) is 4.90 Å². The second kappa shape index (κ2) is 11.3. The van der Waals surface area contributed by atoms with Crippen LogP contribution in [0.3, 0.4) is 0 Å². The van der Waals surface area contributed by atoms with E-state index < -0.39 is 16.1 Å². The Balaban J connectivity index is 1.10. The first-order chi connectivity index (χ1) is 26.3. The smallest absolute Gasteiger partial charge is 0.143 e. The quantitative estimate of drug-likeness (QED) is 0.168. The zero-order valence-electron chi connectivity index (χ0n) is 30.9. The van der Waals surface area contributed by atoms with Crippen molar-refractivity contribution in [3.8, 4) is 33.4 Å². The summed E-state index contributed by atoms with van der Waals surface area (Å²) in [4.78, 5) is 2.48. The molecule has 258 valence electrons. The molecule has 9 aromatic rings. The molecule has 0 saturated carbocycles. The van der Waals surface area contributed by atoms with Gasteiger partial charge in [0.15, 0.2) is 0 Å². The first-order valence-electron chi connectivity index (χ1n) is 19.0. The van der Waals surface area contributed by atoms with E-state index in [4.69, 9.17) is 4.42 Å². The second-order valence-electron chi connectivity index (χ2n) is 16.1. The van der Waals surface area contributed by atoms with Crippen molar-refractivity contribution < 1.29 is 4.42 Å². The first kappa shape index (κ1) is 31.6. The maximum Gasteiger partial charge on any atom is 0.143 e. The Kier molecular flexibility index (Phi) is 6.60. The Morgan fingerprint density at radius 3 is 1.91 bits per heavy atom. The van der Waals surface area contributed by atoms with E-state index in [9.17, 15) is 0 Å². The molecule has 0 radical (unpaired) electrons. The predicted octanol–water partition coefficient (Wildman–Crippen LogP) is 11.5. The maximum atomic E-state index is 6.64. The fourth-order valence-electron chi connectivity index (χ4n) is 9.69. The third-order valence-electron chi connectivity index (χ3n) is 12.5. The molecule has 2 aliphatic rings. The summed E-state index contributed by atoms with van der Waals surface area (Å²) in [7, 11) is -3.86.